The van der Waals surface area contributed by atoms with Gasteiger partial charge in [-0.2, -0.15) is 5.26 Å². The molecule has 4 rings (SSSR count). The SMILES string of the molecule is N#CC1C=Cc2c(ccc3ccccc23)N1C(=O)Oc1ccccc1. The van der Waals surface area contributed by atoms with Crippen molar-refractivity contribution >= 4 is 28.6 Å². The number of nitrogens with zero attached hydrogens (tertiary/aromatic N) is 2. The lowest BCUT2D eigenvalue weighted by molar-refractivity contribution is 0.207. The van der Waals surface area contributed by atoms with Crippen LogP contribution in [0.2, 0.25) is 0 Å². The number of rotatable bonds is 1. The van der Waals surface area contributed by atoms with Crippen molar-refractivity contribution < 1.29 is 9.53 Å². The van der Waals surface area contributed by atoms with Gasteiger partial charge in [0.2, 0.25) is 0 Å². The lowest BCUT2D eigenvalue weighted by atomic mass is 9.97. The molecule has 0 spiro atoms. The third-order valence-corrected chi connectivity index (χ3v) is 4.21. The Hall–Kier alpha value is -3.58. The average molecular weight is 326 g/mol. The van der Waals surface area contributed by atoms with Crippen LogP contribution in [0.1, 0.15) is 5.56 Å². The van der Waals surface area contributed by atoms with Gasteiger partial charge in [0.25, 0.3) is 0 Å². The molecule has 3 aromatic carbocycles. The van der Waals surface area contributed by atoms with Crippen molar-refractivity contribution in [3.05, 3.63) is 78.4 Å². The molecule has 0 saturated heterocycles. The normalized spacial score (nSPS) is 15.5. The number of carbonyl (C=O) groups excluding carboxylic acids is 1. The summed E-state index contributed by atoms with van der Waals surface area (Å²) in [6.45, 7) is 0. The summed E-state index contributed by atoms with van der Waals surface area (Å²) in [7, 11) is 0. The van der Waals surface area contributed by atoms with Crippen LogP contribution in [-0.2, 0) is 0 Å². The first-order chi connectivity index (χ1) is 12.3. The fourth-order valence-electron chi connectivity index (χ4n) is 3.04. The van der Waals surface area contributed by atoms with Gasteiger partial charge in [-0.15, -0.1) is 0 Å². The van der Waals surface area contributed by atoms with Gasteiger partial charge in [0.1, 0.15) is 11.8 Å². The maximum atomic E-state index is 12.8. The Morgan fingerprint density at radius 3 is 2.56 bits per heavy atom. The topological polar surface area (TPSA) is 53.3 Å². The van der Waals surface area contributed by atoms with Crippen molar-refractivity contribution in [1.82, 2.24) is 0 Å². The number of nitriles is 1. The van der Waals surface area contributed by atoms with Gasteiger partial charge < -0.3 is 4.74 Å². The molecular formula is C21H14N2O2. The number of hydrogen-bond donors (Lipinski definition) is 0. The monoisotopic (exact) mass is 326 g/mol. The molecular weight excluding hydrogens is 312 g/mol. The largest absolute Gasteiger partial charge is 0.421 e. The molecule has 0 fully saturated rings. The molecule has 1 amide bonds. The number of hydrogen-bond acceptors (Lipinski definition) is 3. The second-order valence-electron chi connectivity index (χ2n) is 5.70. The summed E-state index contributed by atoms with van der Waals surface area (Å²) in [5.41, 5.74) is 1.59. The minimum absolute atomic E-state index is 0.445. The third kappa shape index (κ3) is 2.62. The first kappa shape index (κ1) is 15.0. The van der Waals surface area contributed by atoms with Crippen LogP contribution in [0, 0.1) is 11.3 Å². The molecule has 0 saturated carbocycles. The zero-order valence-electron chi connectivity index (χ0n) is 13.3. The van der Waals surface area contributed by atoms with Crippen LogP contribution in [0.4, 0.5) is 10.5 Å². The highest BCUT2D eigenvalue weighted by Crippen LogP contribution is 2.35. The number of fused-ring (bicyclic) bond motifs is 3. The second kappa shape index (κ2) is 6.14. The Morgan fingerprint density at radius 1 is 1.00 bits per heavy atom. The van der Waals surface area contributed by atoms with Crippen LogP contribution < -0.4 is 9.64 Å². The molecule has 120 valence electrons. The molecule has 1 aliphatic heterocycles. The van der Waals surface area contributed by atoms with Gasteiger partial charge in [-0.1, -0.05) is 54.6 Å². The molecule has 0 radical (unpaired) electrons. The van der Waals surface area contributed by atoms with E-state index in [1.54, 1.807) is 30.3 Å². The first-order valence-electron chi connectivity index (χ1n) is 7.93. The molecule has 0 bridgehead atoms. The smallest absolute Gasteiger partial charge is 0.410 e. The van der Waals surface area contributed by atoms with E-state index in [1.165, 1.54) is 4.90 Å². The van der Waals surface area contributed by atoms with Crippen LogP contribution in [-0.4, -0.2) is 12.1 Å². The van der Waals surface area contributed by atoms with Gasteiger partial charge in [-0.3, -0.25) is 4.90 Å². The van der Waals surface area contributed by atoms with Crippen molar-refractivity contribution in [3.8, 4) is 11.8 Å². The molecule has 0 N–H and O–H groups in total. The summed E-state index contributed by atoms with van der Waals surface area (Å²) < 4.78 is 5.46. The van der Waals surface area contributed by atoms with Gasteiger partial charge in [-0.25, -0.2) is 4.79 Å². The molecule has 4 heteroatoms. The van der Waals surface area contributed by atoms with Crippen molar-refractivity contribution in [2.24, 2.45) is 0 Å². The zero-order valence-corrected chi connectivity index (χ0v) is 13.3. The maximum absolute atomic E-state index is 12.8. The number of benzene rings is 3. The van der Waals surface area contributed by atoms with Crippen molar-refractivity contribution in [1.29, 1.82) is 5.26 Å². The number of ether oxygens (including phenoxy) is 1. The van der Waals surface area contributed by atoms with Crippen LogP contribution >= 0.6 is 0 Å². The van der Waals surface area contributed by atoms with Gasteiger partial charge in [0.15, 0.2) is 0 Å². The highest BCUT2D eigenvalue weighted by Gasteiger charge is 2.30. The highest BCUT2D eigenvalue weighted by atomic mass is 16.6. The van der Waals surface area contributed by atoms with E-state index in [1.807, 2.05) is 48.5 Å². The Labute approximate surface area is 145 Å². The van der Waals surface area contributed by atoms with E-state index in [2.05, 4.69) is 6.07 Å². The standard InChI is InChI=1S/C21H14N2O2/c22-14-16-11-12-19-18-9-5-4-6-15(18)10-13-20(19)23(16)21(24)25-17-7-2-1-3-8-17/h1-13,16H. The van der Waals surface area contributed by atoms with E-state index in [9.17, 15) is 10.1 Å². The zero-order chi connectivity index (χ0) is 17.2. The molecule has 4 nitrogen and oxygen atoms in total. The quantitative estimate of drug-likeness (QED) is 0.647. The van der Waals surface area contributed by atoms with E-state index >= 15 is 0 Å². The summed E-state index contributed by atoms with van der Waals surface area (Å²) in [6.07, 6.45) is 3.05. The van der Waals surface area contributed by atoms with E-state index < -0.39 is 12.1 Å². The summed E-state index contributed by atoms with van der Waals surface area (Å²) in [5, 5.41) is 11.6. The maximum Gasteiger partial charge on any atom is 0.421 e. The molecule has 1 unspecified atom stereocenters. The Balaban J connectivity index is 1.79. The molecule has 1 aliphatic rings. The molecule has 25 heavy (non-hydrogen) atoms. The Morgan fingerprint density at radius 2 is 1.76 bits per heavy atom. The summed E-state index contributed by atoms with van der Waals surface area (Å²) in [6, 6.07) is 22.1. The van der Waals surface area contributed by atoms with Gasteiger partial charge in [0, 0.05) is 5.56 Å². The number of amides is 1. The first-order valence-corrected chi connectivity index (χ1v) is 7.93. The third-order valence-electron chi connectivity index (χ3n) is 4.21. The van der Waals surface area contributed by atoms with Crippen molar-refractivity contribution in [3.63, 3.8) is 0 Å². The number of para-hydroxylation sites is 1. The predicted molar refractivity (Wildman–Crippen MR) is 97.3 cm³/mol. The lowest BCUT2D eigenvalue weighted by Crippen LogP contribution is -2.42. The van der Waals surface area contributed by atoms with Gasteiger partial charge in [0.05, 0.1) is 11.8 Å². The van der Waals surface area contributed by atoms with Gasteiger partial charge in [-0.05, 0) is 35.0 Å². The summed E-state index contributed by atoms with van der Waals surface area (Å²) in [4.78, 5) is 14.2. The van der Waals surface area contributed by atoms with Crippen LogP contribution in [0.5, 0.6) is 5.75 Å². The Kier molecular flexibility index (Phi) is 3.68. The highest BCUT2D eigenvalue weighted by molar-refractivity contribution is 6.03. The van der Waals surface area contributed by atoms with Crippen molar-refractivity contribution in [2.75, 3.05) is 4.90 Å². The van der Waals surface area contributed by atoms with E-state index in [0.717, 1.165) is 16.3 Å². The second-order valence-corrected chi connectivity index (χ2v) is 5.70. The predicted octanol–water partition coefficient (Wildman–Crippen LogP) is 4.76. The van der Waals surface area contributed by atoms with E-state index in [4.69, 9.17) is 4.74 Å². The molecule has 3 aromatic rings. The number of anilines is 1. The fourth-order valence-corrected chi connectivity index (χ4v) is 3.04. The average Bonchev–Trinajstić information content (AvgIpc) is 2.67. The van der Waals surface area contributed by atoms with Crippen LogP contribution in [0.3, 0.4) is 0 Å². The Bertz CT molecular complexity index is 1020. The van der Waals surface area contributed by atoms with E-state index in [-0.39, 0.29) is 0 Å². The summed E-state index contributed by atoms with van der Waals surface area (Å²) >= 11 is 0. The minimum atomic E-state index is -0.704. The molecule has 0 aromatic heterocycles. The lowest BCUT2D eigenvalue weighted by Gasteiger charge is -2.29. The molecule has 1 heterocycles. The van der Waals surface area contributed by atoms with Crippen molar-refractivity contribution in [2.45, 2.75) is 6.04 Å². The minimum Gasteiger partial charge on any atom is -0.410 e. The fraction of sp³-hybridized carbons (Fsp3) is 0.0476. The molecule has 0 aliphatic carbocycles. The number of carbonyl (C=O) groups is 1. The van der Waals surface area contributed by atoms with Crippen LogP contribution in [0.15, 0.2) is 72.8 Å². The van der Waals surface area contributed by atoms with Crippen LogP contribution in [0.25, 0.3) is 16.8 Å². The summed E-state index contributed by atoms with van der Waals surface area (Å²) in [5.74, 6) is 0.445. The van der Waals surface area contributed by atoms with E-state index in [0.29, 0.717) is 11.4 Å². The molecule has 1 atom stereocenters. The van der Waals surface area contributed by atoms with Gasteiger partial charge >= 0.3 is 6.09 Å².